The zero-order valence-corrected chi connectivity index (χ0v) is 22.4. The molecule has 0 aromatic heterocycles. The van der Waals surface area contributed by atoms with E-state index >= 15 is 0 Å². The monoisotopic (exact) mass is 516 g/mol. The number of fused-ring (bicyclic) bond motifs is 2. The third kappa shape index (κ3) is 8.73. The highest BCUT2D eigenvalue weighted by atomic mass is 16.4. The fourth-order valence-electron chi connectivity index (χ4n) is 4.99. The highest BCUT2D eigenvalue weighted by Gasteiger charge is 2.16. The van der Waals surface area contributed by atoms with Crippen LogP contribution in [0.4, 0.5) is 0 Å². The molecule has 0 heterocycles. The number of aliphatic carboxylic acids is 1. The lowest BCUT2D eigenvalue weighted by Gasteiger charge is -2.13. The van der Waals surface area contributed by atoms with Crippen molar-refractivity contribution in [1.29, 1.82) is 0 Å². The average molecular weight is 517 g/mol. The lowest BCUT2D eigenvalue weighted by molar-refractivity contribution is -0.134. The van der Waals surface area contributed by atoms with E-state index in [0.29, 0.717) is 11.5 Å². The van der Waals surface area contributed by atoms with E-state index in [1.54, 1.807) is 12.1 Å². The molecule has 5 N–H and O–H groups in total. The second kappa shape index (κ2) is 14.3. The Morgan fingerprint density at radius 1 is 0.868 bits per heavy atom. The Morgan fingerprint density at radius 3 is 2.16 bits per heavy atom. The van der Waals surface area contributed by atoms with Gasteiger partial charge in [-0.1, -0.05) is 42.8 Å². The van der Waals surface area contributed by atoms with Crippen molar-refractivity contribution in [3.05, 3.63) is 94.5 Å². The summed E-state index contributed by atoms with van der Waals surface area (Å²) in [4.78, 5) is 14.0. The van der Waals surface area contributed by atoms with Gasteiger partial charge in [0.25, 0.3) is 5.97 Å². The molecule has 2 atom stereocenters. The van der Waals surface area contributed by atoms with Crippen LogP contribution in [0.1, 0.15) is 92.3 Å². The van der Waals surface area contributed by atoms with Crippen molar-refractivity contribution in [3.8, 4) is 11.5 Å². The van der Waals surface area contributed by atoms with Gasteiger partial charge in [-0.2, -0.15) is 0 Å². The maximum Gasteiger partial charge on any atom is 0.300 e. The molecule has 2 aliphatic rings. The largest absolute Gasteiger partial charge is 0.508 e. The molecule has 0 amide bonds. The molecule has 0 saturated heterocycles. The number of nitrogens with two attached hydrogens (primary N) is 1. The van der Waals surface area contributed by atoms with E-state index in [0.717, 1.165) is 45.4 Å². The third-order valence-corrected chi connectivity index (χ3v) is 6.88. The predicted molar refractivity (Wildman–Crippen MR) is 153 cm³/mol. The number of nitrogens with zero attached hydrogens (tertiary/aromatic N) is 1. The topological polar surface area (TPSA) is 116 Å². The Morgan fingerprint density at radius 2 is 1.45 bits per heavy atom. The van der Waals surface area contributed by atoms with Gasteiger partial charge < -0.3 is 21.1 Å². The van der Waals surface area contributed by atoms with Crippen molar-refractivity contribution in [3.63, 3.8) is 0 Å². The fourth-order valence-corrected chi connectivity index (χ4v) is 4.99. The maximum absolute atomic E-state index is 9.69. The van der Waals surface area contributed by atoms with Gasteiger partial charge in [0, 0.05) is 18.7 Å². The quantitative estimate of drug-likeness (QED) is 0.277. The average Bonchev–Trinajstić information content (AvgIpc) is 3.19. The molecule has 0 unspecified atom stereocenters. The molecule has 0 radical (unpaired) electrons. The fraction of sp³-hybridized carbons (Fsp3) is 0.375. The smallest absolute Gasteiger partial charge is 0.300 e. The van der Waals surface area contributed by atoms with Gasteiger partial charge in [0.15, 0.2) is 0 Å². The van der Waals surface area contributed by atoms with Crippen LogP contribution in [-0.4, -0.2) is 27.0 Å². The third-order valence-electron chi connectivity index (χ3n) is 6.88. The lowest BCUT2D eigenvalue weighted by Crippen LogP contribution is -2.10. The number of rotatable bonds is 2. The summed E-state index contributed by atoms with van der Waals surface area (Å²) in [5, 5.41) is 26.4. The molecule has 6 heteroatoms. The highest BCUT2D eigenvalue weighted by Crippen LogP contribution is 2.29. The molecule has 0 fully saturated rings. The van der Waals surface area contributed by atoms with E-state index in [9.17, 15) is 10.2 Å². The summed E-state index contributed by atoms with van der Waals surface area (Å²) >= 11 is 0. The predicted octanol–water partition coefficient (Wildman–Crippen LogP) is 6.88. The Kier molecular flexibility index (Phi) is 10.9. The molecule has 0 aliphatic heterocycles. The summed E-state index contributed by atoms with van der Waals surface area (Å²) in [6.45, 7) is 3.23. The van der Waals surface area contributed by atoms with Crippen molar-refractivity contribution in [2.75, 3.05) is 0 Å². The van der Waals surface area contributed by atoms with E-state index in [1.807, 2.05) is 30.3 Å². The van der Waals surface area contributed by atoms with E-state index in [-0.39, 0.29) is 12.1 Å². The van der Waals surface area contributed by atoms with Crippen LogP contribution in [0.5, 0.6) is 11.5 Å². The van der Waals surface area contributed by atoms with Gasteiger partial charge in [0.1, 0.15) is 11.5 Å². The number of carboxylic acids is 1. The van der Waals surface area contributed by atoms with Crippen LogP contribution >= 0.6 is 0 Å². The molecular formula is C32H40N2O4. The molecule has 0 bridgehead atoms. The minimum atomic E-state index is -0.833. The van der Waals surface area contributed by atoms with Gasteiger partial charge in [-0.15, -0.1) is 0 Å². The Balaban J connectivity index is 0.000000200. The van der Waals surface area contributed by atoms with Crippen molar-refractivity contribution >= 4 is 11.7 Å². The number of phenolic OH excluding ortho intramolecular Hbond substituents is 2. The standard InChI is InChI=1S/C19H21NO.C11H15NO.C2H4O2/c1-14(15-7-3-2-4-8-15)20-19-10-6-5-9-16-13-17(21)11-12-18(16)19;12-11-4-2-1-3-8-7-9(13)5-6-10(8)11;1-2(3)4/h2-4,7-8,11-14,21H,5-6,9-10H2,1H3;5-7,11,13H,1-4,12H2;1H3,(H,3,4)/t14-;11-;/m11./s1. The van der Waals surface area contributed by atoms with Crippen LogP contribution in [0.3, 0.4) is 0 Å². The van der Waals surface area contributed by atoms with Gasteiger partial charge >= 0.3 is 0 Å². The number of carbonyl (C=O) groups is 1. The number of benzene rings is 3. The van der Waals surface area contributed by atoms with Crippen LogP contribution in [0.25, 0.3) is 0 Å². The van der Waals surface area contributed by atoms with Crippen molar-refractivity contribution < 1.29 is 20.1 Å². The van der Waals surface area contributed by atoms with Gasteiger partial charge in [-0.05, 0) is 110 Å². The number of carboxylic acid groups (broad SMARTS) is 1. The first kappa shape index (κ1) is 28.9. The van der Waals surface area contributed by atoms with Crippen LogP contribution < -0.4 is 5.73 Å². The molecule has 6 nitrogen and oxygen atoms in total. The highest BCUT2D eigenvalue weighted by molar-refractivity contribution is 6.02. The van der Waals surface area contributed by atoms with Gasteiger partial charge in [-0.25, -0.2) is 0 Å². The second-order valence-corrected chi connectivity index (χ2v) is 9.97. The minimum absolute atomic E-state index is 0.165. The summed E-state index contributed by atoms with van der Waals surface area (Å²) in [6.07, 6.45) is 8.87. The molecule has 2 aliphatic carbocycles. The van der Waals surface area contributed by atoms with Crippen LogP contribution in [-0.2, 0) is 17.6 Å². The zero-order valence-electron chi connectivity index (χ0n) is 22.4. The minimum Gasteiger partial charge on any atom is -0.508 e. The Hall–Kier alpha value is -3.64. The molecular weight excluding hydrogens is 476 g/mol. The Labute approximate surface area is 225 Å². The van der Waals surface area contributed by atoms with Crippen LogP contribution in [0.15, 0.2) is 71.7 Å². The molecule has 3 aromatic rings. The molecule has 38 heavy (non-hydrogen) atoms. The molecule has 0 saturated carbocycles. The second-order valence-electron chi connectivity index (χ2n) is 9.97. The first-order valence-corrected chi connectivity index (χ1v) is 13.5. The number of aryl methyl sites for hydroxylation is 2. The summed E-state index contributed by atoms with van der Waals surface area (Å²) in [5.41, 5.74) is 13.3. The molecule has 0 spiro atoms. The van der Waals surface area contributed by atoms with E-state index in [4.69, 9.17) is 20.6 Å². The summed E-state index contributed by atoms with van der Waals surface area (Å²) in [7, 11) is 0. The Bertz CT molecular complexity index is 1220. The normalized spacial score (nSPS) is 18.2. The maximum atomic E-state index is 9.69. The first-order chi connectivity index (χ1) is 18.2. The van der Waals surface area contributed by atoms with Gasteiger partial charge in [0.2, 0.25) is 0 Å². The van der Waals surface area contributed by atoms with Crippen molar-refractivity contribution in [1.82, 2.24) is 0 Å². The van der Waals surface area contributed by atoms with Gasteiger partial charge in [-0.3, -0.25) is 9.79 Å². The summed E-state index contributed by atoms with van der Waals surface area (Å²) in [5.74, 6) is -0.126. The number of hydrogen-bond acceptors (Lipinski definition) is 5. The zero-order chi connectivity index (χ0) is 27.5. The molecule has 3 aromatic carbocycles. The van der Waals surface area contributed by atoms with Crippen molar-refractivity contribution in [2.24, 2.45) is 10.7 Å². The molecule has 202 valence electrons. The number of phenols is 2. The molecule has 5 rings (SSSR count). The first-order valence-electron chi connectivity index (χ1n) is 13.5. The number of aliphatic imine (C=N–C) groups is 1. The number of aromatic hydroxyl groups is 2. The summed E-state index contributed by atoms with van der Waals surface area (Å²) < 4.78 is 0. The van der Waals surface area contributed by atoms with E-state index < -0.39 is 5.97 Å². The summed E-state index contributed by atoms with van der Waals surface area (Å²) in [6, 6.07) is 22.0. The van der Waals surface area contributed by atoms with Crippen LogP contribution in [0.2, 0.25) is 0 Å². The van der Waals surface area contributed by atoms with E-state index in [1.165, 1.54) is 46.4 Å². The van der Waals surface area contributed by atoms with Crippen molar-refractivity contribution in [2.45, 2.75) is 77.3 Å². The van der Waals surface area contributed by atoms with Gasteiger partial charge in [0.05, 0.1) is 6.04 Å². The number of hydrogen-bond donors (Lipinski definition) is 4. The van der Waals surface area contributed by atoms with E-state index in [2.05, 4.69) is 31.2 Å². The van der Waals surface area contributed by atoms with Crippen LogP contribution in [0, 0.1) is 0 Å². The SMILES string of the molecule is CC(=O)O.C[C@@H](N=C1CCCCc2cc(O)ccc21)c1ccccc1.N[C@@H]1CCCCc2cc(O)ccc21. The lowest BCUT2D eigenvalue weighted by atomic mass is 9.99.